The fraction of sp³-hybridized carbons (Fsp3) is 0.667. The summed E-state index contributed by atoms with van der Waals surface area (Å²) in [5.74, 6) is 0. The molecule has 0 spiro atoms. The summed E-state index contributed by atoms with van der Waals surface area (Å²) in [7, 11) is 0. The van der Waals surface area contributed by atoms with E-state index in [1.165, 1.54) is 0 Å². The van der Waals surface area contributed by atoms with Gasteiger partial charge in [0.05, 0.1) is 12.1 Å². The van der Waals surface area contributed by atoms with Crippen molar-refractivity contribution in [3.05, 3.63) is 12.2 Å². The maximum absolute atomic E-state index is 3.92. The zero-order valence-corrected chi connectivity index (χ0v) is 5.26. The van der Waals surface area contributed by atoms with E-state index in [1.54, 1.807) is 0 Å². The highest BCUT2D eigenvalue weighted by Gasteiger charge is 2.17. The molecule has 0 saturated carbocycles. The summed E-state index contributed by atoms with van der Waals surface area (Å²) >= 11 is 0. The Balaban J connectivity index is 2.70. The predicted octanol–water partition coefficient (Wildman–Crippen LogP) is 1.79. The van der Waals surface area contributed by atoms with Gasteiger partial charge >= 0.3 is 0 Å². The van der Waals surface area contributed by atoms with Crippen LogP contribution >= 0.6 is 0 Å². The van der Waals surface area contributed by atoms with Crippen LogP contribution in [0, 0.1) is 0 Å². The van der Waals surface area contributed by atoms with Crippen molar-refractivity contribution in [1.29, 1.82) is 0 Å². The molecule has 2 unspecified atom stereocenters. The molecular weight excluding hydrogens is 100 g/mol. The van der Waals surface area contributed by atoms with E-state index >= 15 is 0 Å². The van der Waals surface area contributed by atoms with Gasteiger partial charge in [0.2, 0.25) is 0 Å². The van der Waals surface area contributed by atoms with Crippen molar-refractivity contribution in [1.82, 2.24) is 0 Å². The van der Waals surface area contributed by atoms with Gasteiger partial charge < -0.3 is 0 Å². The minimum absolute atomic E-state index is 0.255. The van der Waals surface area contributed by atoms with Gasteiger partial charge in [-0.25, -0.2) is 0 Å². The van der Waals surface area contributed by atoms with Crippen molar-refractivity contribution in [2.45, 2.75) is 25.9 Å². The van der Waals surface area contributed by atoms with Gasteiger partial charge in [-0.1, -0.05) is 6.58 Å². The van der Waals surface area contributed by atoms with Crippen LogP contribution in [0.15, 0.2) is 22.4 Å². The highest BCUT2D eigenvalue weighted by molar-refractivity contribution is 5.14. The van der Waals surface area contributed by atoms with Gasteiger partial charge in [-0.2, -0.15) is 10.2 Å². The first-order valence-corrected chi connectivity index (χ1v) is 2.80. The van der Waals surface area contributed by atoms with E-state index in [2.05, 4.69) is 16.8 Å². The van der Waals surface area contributed by atoms with Crippen molar-refractivity contribution >= 4 is 0 Å². The van der Waals surface area contributed by atoms with E-state index in [0.717, 1.165) is 5.57 Å². The van der Waals surface area contributed by atoms with Crippen LogP contribution in [0.1, 0.15) is 13.8 Å². The van der Waals surface area contributed by atoms with Crippen molar-refractivity contribution in [2.75, 3.05) is 0 Å². The lowest BCUT2D eigenvalue weighted by molar-refractivity contribution is 0.867. The SMILES string of the molecule is C=C1C(C)N=NC1C. The zero-order valence-electron chi connectivity index (χ0n) is 5.26. The summed E-state index contributed by atoms with van der Waals surface area (Å²) in [6, 6.07) is 0.509. The Morgan fingerprint density at radius 3 is 1.75 bits per heavy atom. The lowest BCUT2D eigenvalue weighted by Gasteiger charge is -1.99. The molecule has 2 atom stereocenters. The third-order valence-corrected chi connectivity index (χ3v) is 1.49. The summed E-state index contributed by atoms with van der Waals surface area (Å²) in [5.41, 5.74) is 1.13. The molecule has 0 aromatic heterocycles. The van der Waals surface area contributed by atoms with Crippen LogP contribution < -0.4 is 0 Å². The van der Waals surface area contributed by atoms with Gasteiger partial charge in [0, 0.05) is 0 Å². The van der Waals surface area contributed by atoms with Crippen LogP contribution in [-0.2, 0) is 0 Å². The monoisotopic (exact) mass is 110 g/mol. The van der Waals surface area contributed by atoms with Crippen LogP contribution in [0.25, 0.3) is 0 Å². The predicted molar refractivity (Wildman–Crippen MR) is 32.9 cm³/mol. The van der Waals surface area contributed by atoms with Gasteiger partial charge in [-0.15, -0.1) is 0 Å². The topological polar surface area (TPSA) is 24.7 Å². The summed E-state index contributed by atoms with van der Waals surface area (Å²) in [6.45, 7) is 7.85. The van der Waals surface area contributed by atoms with Crippen LogP contribution in [0.3, 0.4) is 0 Å². The van der Waals surface area contributed by atoms with Gasteiger partial charge in [-0.05, 0) is 19.4 Å². The summed E-state index contributed by atoms with van der Waals surface area (Å²) in [4.78, 5) is 0. The molecule has 2 nitrogen and oxygen atoms in total. The van der Waals surface area contributed by atoms with Gasteiger partial charge in [0.25, 0.3) is 0 Å². The minimum Gasteiger partial charge on any atom is -0.186 e. The molecule has 0 amide bonds. The third kappa shape index (κ3) is 0.661. The van der Waals surface area contributed by atoms with Crippen LogP contribution in [0.2, 0.25) is 0 Å². The van der Waals surface area contributed by atoms with Crippen LogP contribution in [0.5, 0.6) is 0 Å². The number of rotatable bonds is 0. The average Bonchev–Trinajstić information content (AvgIpc) is 1.98. The highest BCUT2D eigenvalue weighted by atomic mass is 15.2. The molecule has 8 heavy (non-hydrogen) atoms. The first kappa shape index (κ1) is 5.48. The zero-order chi connectivity index (χ0) is 6.15. The number of hydrogen-bond donors (Lipinski definition) is 0. The van der Waals surface area contributed by atoms with E-state index in [1.807, 2.05) is 13.8 Å². The molecule has 1 heterocycles. The summed E-state index contributed by atoms with van der Waals surface area (Å²) in [5, 5.41) is 7.85. The Bertz CT molecular complexity index is 123. The molecule has 0 aliphatic carbocycles. The maximum atomic E-state index is 3.92. The Morgan fingerprint density at radius 2 is 1.62 bits per heavy atom. The average molecular weight is 110 g/mol. The third-order valence-electron chi connectivity index (χ3n) is 1.49. The summed E-state index contributed by atoms with van der Waals surface area (Å²) < 4.78 is 0. The maximum Gasteiger partial charge on any atom is 0.0908 e. The molecule has 0 N–H and O–H groups in total. The molecule has 0 aromatic carbocycles. The standard InChI is InChI=1S/C6H10N2/c1-4-5(2)7-8-6(4)3/h5-6H,1H2,2-3H3. The molecule has 1 aliphatic heterocycles. The largest absolute Gasteiger partial charge is 0.186 e. The van der Waals surface area contributed by atoms with Crippen molar-refractivity contribution in [2.24, 2.45) is 10.2 Å². The second kappa shape index (κ2) is 1.69. The van der Waals surface area contributed by atoms with E-state index < -0.39 is 0 Å². The van der Waals surface area contributed by atoms with Gasteiger partial charge in [0.1, 0.15) is 0 Å². The lowest BCUT2D eigenvalue weighted by Crippen LogP contribution is -2.03. The Kier molecular flexibility index (Phi) is 1.16. The highest BCUT2D eigenvalue weighted by Crippen LogP contribution is 2.19. The molecule has 0 fully saturated rings. The summed E-state index contributed by atoms with van der Waals surface area (Å²) in [6.07, 6.45) is 0. The smallest absolute Gasteiger partial charge is 0.0908 e. The lowest BCUT2D eigenvalue weighted by atomic mass is 10.1. The Morgan fingerprint density at radius 1 is 1.25 bits per heavy atom. The molecule has 44 valence electrons. The molecular formula is C6H10N2. The molecule has 0 radical (unpaired) electrons. The molecule has 0 saturated heterocycles. The first-order valence-electron chi connectivity index (χ1n) is 2.80. The van der Waals surface area contributed by atoms with Crippen molar-refractivity contribution < 1.29 is 0 Å². The van der Waals surface area contributed by atoms with E-state index in [-0.39, 0.29) is 12.1 Å². The first-order chi connectivity index (χ1) is 3.72. The van der Waals surface area contributed by atoms with Crippen LogP contribution in [0.4, 0.5) is 0 Å². The van der Waals surface area contributed by atoms with Crippen molar-refractivity contribution in [3.63, 3.8) is 0 Å². The quantitative estimate of drug-likeness (QED) is 0.425. The van der Waals surface area contributed by atoms with Crippen LogP contribution in [-0.4, -0.2) is 12.1 Å². The second-order valence-corrected chi connectivity index (χ2v) is 2.16. The second-order valence-electron chi connectivity index (χ2n) is 2.16. The van der Waals surface area contributed by atoms with Gasteiger partial charge in [0.15, 0.2) is 0 Å². The minimum atomic E-state index is 0.255. The van der Waals surface area contributed by atoms with Crippen molar-refractivity contribution in [3.8, 4) is 0 Å². The Hall–Kier alpha value is -0.660. The number of hydrogen-bond acceptors (Lipinski definition) is 2. The van der Waals surface area contributed by atoms with E-state index in [4.69, 9.17) is 0 Å². The fourth-order valence-electron chi connectivity index (χ4n) is 0.697. The van der Waals surface area contributed by atoms with Gasteiger partial charge in [-0.3, -0.25) is 0 Å². The molecule has 1 rings (SSSR count). The number of azo groups is 1. The normalized spacial score (nSPS) is 36.5. The van der Waals surface area contributed by atoms with E-state index in [9.17, 15) is 0 Å². The molecule has 2 heteroatoms. The Labute approximate surface area is 49.3 Å². The molecule has 0 bridgehead atoms. The molecule has 0 aromatic rings. The molecule has 1 aliphatic rings. The number of nitrogens with zero attached hydrogens (tertiary/aromatic N) is 2. The fourth-order valence-corrected chi connectivity index (χ4v) is 0.697. The van der Waals surface area contributed by atoms with E-state index in [0.29, 0.717) is 0 Å².